The van der Waals surface area contributed by atoms with Crippen LogP contribution in [0.4, 0.5) is 14.5 Å². The highest BCUT2D eigenvalue weighted by Crippen LogP contribution is 2.34. The van der Waals surface area contributed by atoms with Crippen molar-refractivity contribution in [3.8, 4) is 5.75 Å². The zero-order chi connectivity index (χ0) is 23.8. The van der Waals surface area contributed by atoms with E-state index < -0.39 is 28.1 Å². The monoisotopic (exact) mass is 496 g/mol. The lowest BCUT2D eigenvalue weighted by atomic mass is 10.0. The van der Waals surface area contributed by atoms with Crippen LogP contribution < -0.4 is 14.8 Å². The Hall–Kier alpha value is -2.66. The van der Waals surface area contributed by atoms with Crippen molar-refractivity contribution >= 4 is 33.1 Å². The molecular weight excluding hydrogens is 474 g/mol. The summed E-state index contributed by atoms with van der Waals surface area (Å²) in [6, 6.07) is 10.2. The van der Waals surface area contributed by atoms with Crippen molar-refractivity contribution in [3.63, 3.8) is 0 Å². The number of likely N-dealkylation sites (N-methyl/N-ethyl adjacent to an activating group) is 1. The summed E-state index contributed by atoms with van der Waals surface area (Å²) in [6.07, 6.45) is 1.21. The summed E-state index contributed by atoms with van der Waals surface area (Å²) in [4.78, 5) is 4.44. The van der Waals surface area contributed by atoms with Gasteiger partial charge in [0.25, 0.3) is 0 Å². The van der Waals surface area contributed by atoms with Gasteiger partial charge in [-0.25, -0.2) is 18.2 Å². The van der Waals surface area contributed by atoms with Gasteiger partial charge in [0, 0.05) is 61.3 Å². The van der Waals surface area contributed by atoms with E-state index in [0.717, 1.165) is 48.4 Å². The van der Waals surface area contributed by atoms with Gasteiger partial charge in [-0.3, -0.25) is 0 Å². The first-order valence-corrected chi connectivity index (χ1v) is 12.1. The maximum Gasteiger partial charge on any atom is 0.301 e. The van der Waals surface area contributed by atoms with Crippen LogP contribution in [0.1, 0.15) is 5.56 Å². The van der Waals surface area contributed by atoms with Gasteiger partial charge in [0.1, 0.15) is 17.4 Å². The lowest BCUT2D eigenvalue weighted by Crippen LogP contribution is -2.45. The van der Waals surface area contributed by atoms with Crippen LogP contribution in [0.25, 0.3) is 5.57 Å². The SMILES string of the molecule is CN1CCN(c2cccc(OC3C(Cl)=CC(c4ccc(F)cc4F)=CN3S(N)(=O)=O)c2)CC1. The first-order valence-electron chi connectivity index (χ1n) is 10.2. The summed E-state index contributed by atoms with van der Waals surface area (Å²) in [5.74, 6) is -1.23. The van der Waals surface area contributed by atoms with E-state index in [-0.39, 0.29) is 16.2 Å². The van der Waals surface area contributed by atoms with Crippen LogP contribution in [0.5, 0.6) is 5.75 Å². The molecule has 1 unspecified atom stereocenters. The minimum atomic E-state index is -4.33. The molecule has 2 heterocycles. The molecule has 1 saturated heterocycles. The highest BCUT2D eigenvalue weighted by molar-refractivity contribution is 7.86. The second kappa shape index (κ2) is 9.30. The third kappa shape index (κ3) is 5.30. The van der Waals surface area contributed by atoms with Gasteiger partial charge in [-0.1, -0.05) is 17.7 Å². The van der Waals surface area contributed by atoms with E-state index in [9.17, 15) is 17.2 Å². The molecule has 176 valence electrons. The maximum atomic E-state index is 14.3. The lowest BCUT2D eigenvalue weighted by molar-refractivity contribution is 0.156. The van der Waals surface area contributed by atoms with E-state index in [4.69, 9.17) is 21.5 Å². The van der Waals surface area contributed by atoms with Gasteiger partial charge in [0.15, 0.2) is 0 Å². The molecule has 11 heteroatoms. The molecule has 2 aliphatic heterocycles. The standard InChI is InChI=1S/C22H23ClF2N4O3S/c1-27-7-9-28(10-8-27)17-3-2-4-18(13-17)32-22-20(23)11-15(14-29(22)33(26,30)31)19-6-5-16(24)12-21(19)25/h2-6,11-14,22H,7-10H2,1H3,(H2,26,30,31). The van der Waals surface area contributed by atoms with E-state index in [0.29, 0.717) is 11.8 Å². The second-order valence-corrected chi connectivity index (χ2v) is 9.76. The molecule has 7 nitrogen and oxygen atoms in total. The minimum Gasteiger partial charge on any atom is -0.464 e. The number of piperazine rings is 1. The summed E-state index contributed by atoms with van der Waals surface area (Å²) in [5.41, 5.74) is 1.01. The third-order valence-corrected chi connectivity index (χ3v) is 6.68. The largest absolute Gasteiger partial charge is 0.464 e. The fraction of sp³-hybridized carbons (Fsp3) is 0.273. The van der Waals surface area contributed by atoms with E-state index >= 15 is 0 Å². The van der Waals surface area contributed by atoms with Crippen molar-refractivity contribution in [2.45, 2.75) is 6.23 Å². The lowest BCUT2D eigenvalue weighted by Gasteiger charge is -2.35. The van der Waals surface area contributed by atoms with Crippen LogP contribution >= 0.6 is 11.6 Å². The number of hydrogen-bond donors (Lipinski definition) is 1. The molecule has 0 amide bonds. The number of benzene rings is 2. The van der Waals surface area contributed by atoms with Crippen molar-refractivity contribution in [1.82, 2.24) is 9.21 Å². The van der Waals surface area contributed by atoms with Crippen molar-refractivity contribution < 1.29 is 21.9 Å². The Morgan fingerprint density at radius 3 is 2.48 bits per heavy atom. The van der Waals surface area contributed by atoms with Crippen LogP contribution in [0.3, 0.4) is 0 Å². The quantitative estimate of drug-likeness (QED) is 0.688. The van der Waals surface area contributed by atoms with Crippen LogP contribution in [0.2, 0.25) is 0 Å². The highest BCUT2D eigenvalue weighted by Gasteiger charge is 2.33. The third-order valence-electron chi connectivity index (χ3n) is 5.50. The molecule has 2 aromatic carbocycles. The number of anilines is 1. The zero-order valence-corrected chi connectivity index (χ0v) is 19.4. The Labute approximate surface area is 196 Å². The average Bonchev–Trinajstić information content (AvgIpc) is 2.75. The average molecular weight is 497 g/mol. The second-order valence-electron chi connectivity index (χ2n) is 7.87. The Balaban J connectivity index is 1.62. The summed E-state index contributed by atoms with van der Waals surface area (Å²) >= 11 is 6.39. The molecule has 2 N–H and O–H groups in total. The summed E-state index contributed by atoms with van der Waals surface area (Å²) in [6.45, 7) is 3.55. The van der Waals surface area contributed by atoms with Gasteiger partial charge in [-0.15, -0.1) is 0 Å². The minimum absolute atomic E-state index is 0.0290. The number of rotatable bonds is 5. The molecule has 0 aromatic heterocycles. The number of halogens is 3. The Kier molecular flexibility index (Phi) is 6.62. The van der Waals surface area contributed by atoms with Gasteiger partial charge in [-0.2, -0.15) is 8.42 Å². The molecule has 0 aliphatic carbocycles. The van der Waals surface area contributed by atoms with Gasteiger partial charge >= 0.3 is 10.2 Å². The molecular formula is C22H23ClF2N4O3S. The molecule has 2 aromatic rings. The number of nitrogens with zero attached hydrogens (tertiary/aromatic N) is 3. The Morgan fingerprint density at radius 1 is 1.09 bits per heavy atom. The highest BCUT2D eigenvalue weighted by atomic mass is 35.5. The predicted molar refractivity (Wildman–Crippen MR) is 124 cm³/mol. The maximum absolute atomic E-state index is 14.3. The summed E-state index contributed by atoms with van der Waals surface area (Å²) < 4.78 is 58.9. The summed E-state index contributed by atoms with van der Waals surface area (Å²) in [7, 11) is -2.27. The molecule has 0 bridgehead atoms. The van der Waals surface area contributed by atoms with Gasteiger partial charge in [-0.05, 0) is 37.4 Å². The smallest absolute Gasteiger partial charge is 0.301 e. The summed E-state index contributed by atoms with van der Waals surface area (Å²) in [5, 5.41) is 5.37. The van der Waals surface area contributed by atoms with Crippen molar-refractivity contribution in [1.29, 1.82) is 0 Å². The zero-order valence-electron chi connectivity index (χ0n) is 17.8. The van der Waals surface area contributed by atoms with Crippen LogP contribution in [0, 0.1) is 11.6 Å². The molecule has 0 radical (unpaired) electrons. The van der Waals surface area contributed by atoms with Crippen LogP contribution in [-0.2, 0) is 10.2 Å². The fourth-order valence-electron chi connectivity index (χ4n) is 3.72. The van der Waals surface area contributed by atoms with E-state index in [1.807, 2.05) is 6.07 Å². The van der Waals surface area contributed by atoms with Crippen LogP contribution in [0.15, 0.2) is 59.8 Å². The van der Waals surface area contributed by atoms with Gasteiger partial charge in [0.05, 0.1) is 5.03 Å². The number of hydrogen-bond acceptors (Lipinski definition) is 5. The fourth-order valence-corrected chi connectivity index (χ4v) is 4.73. The van der Waals surface area contributed by atoms with Gasteiger partial charge in [0.2, 0.25) is 6.23 Å². The topological polar surface area (TPSA) is 79.1 Å². The van der Waals surface area contributed by atoms with E-state index in [1.54, 1.807) is 18.2 Å². The number of allylic oxidation sites excluding steroid dienone is 2. The van der Waals surface area contributed by atoms with E-state index in [1.165, 1.54) is 12.1 Å². The Morgan fingerprint density at radius 2 is 1.82 bits per heavy atom. The van der Waals surface area contributed by atoms with Crippen molar-refractivity contribution in [3.05, 3.63) is 77.0 Å². The first-order chi connectivity index (χ1) is 15.6. The Bertz CT molecular complexity index is 1210. The molecule has 1 atom stereocenters. The molecule has 4 rings (SSSR count). The van der Waals surface area contributed by atoms with Crippen molar-refractivity contribution in [2.24, 2.45) is 5.14 Å². The number of ether oxygens (including phenoxy) is 1. The first kappa shape index (κ1) is 23.5. The molecule has 0 saturated carbocycles. The van der Waals surface area contributed by atoms with Crippen LogP contribution in [-0.4, -0.2) is 57.1 Å². The molecule has 2 aliphatic rings. The molecule has 33 heavy (non-hydrogen) atoms. The van der Waals surface area contributed by atoms with Crippen molar-refractivity contribution in [2.75, 3.05) is 38.1 Å². The van der Waals surface area contributed by atoms with E-state index in [2.05, 4.69) is 16.8 Å². The number of nitrogens with two attached hydrogens (primary N) is 1. The predicted octanol–water partition coefficient (Wildman–Crippen LogP) is 3.10. The molecule has 0 spiro atoms. The normalized spacial score (nSPS) is 19.8. The molecule has 1 fully saturated rings. The van der Waals surface area contributed by atoms with Gasteiger partial charge < -0.3 is 14.5 Å².